The third-order valence-corrected chi connectivity index (χ3v) is 6.45. The Morgan fingerprint density at radius 3 is 2.75 bits per heavy atom. The number of aliphatic carboxylic acids is 1. The first kappa shape index (κ1) is 18.8. The molecule has 0 aliphatic carbocycles. The highest BCUT2D eigenvalue weighted by Gasteiger charge is 2.59. The number of carboxylic acids is 1. The maximum Gasteiger partial charge on any atom is 0.230 e. The molecule has 3 heterocycles. The number of thioether (sulfide) groups is 1. The van der Waals surface area contributed by atoms with E-state index in [4.69, 9.17) is 9.84 Å². The zero-order valence-electron chi connectivity index (χ0n) is 15.0. The van der Waals surface area contributed by atoms with E-state index in [0.29, 0.717) is 18.7 Å². The van der Waals surface area contributed by atoms with E-state index in [-0.39, 0.29) is 23.8 Å². The number of β-lactam (4-membered cyclic amide) rings is 1. The van der Waals surface area contributed by atoms with Gasteiger partial charge in [-0.3, -0.25) is 4.79 Å². The van der Waals surface area contributed by atoms with Gasteiger partial charge in [-0.25, -0.2) is 4.57 Å². The molecule has 0 saturated carbocycles. The van der Waals surface area contributed by atoms with Gasteiger partial charge in [0, 0.05) is 24.3 Å². The van der Waals surface area contributed by atoms with Crippen molar-refractivity contribution >= 4 is 23.6 Å². The molecule has 4 atom stereocenters. The van der Waals surface area contributed by atoms with Crippen molar-refractivity contribution in [3.05, 3.63) is 60.4 Å². The Bertz CT molecular complexity index is 878. The second-order valence-electron chi connectivity index (χ2n) is 6.84. The van der Waals surface area contributed by atoms with Crippen LogP contribution in [0.3, 0.4) is 0 Å². The monoisotopic (exact) mass is 400 g/mol. The van der Waals surface area contributed by atoms with Gasteiger partial charge in [-0.2, -0.15) is 0 Å². The molecule has 8 heteroatoms. The number of aliphatic hydroxyl groups is 1. The number of hydrogen-bond acceptors (Lipinski definition) is 6. The molecule has 0 spiro atoms. The minimum absolute atomic E-state index is 0.109. The number of amides is 1. The lowest BCUT2D eigenvalue weighted by molar-refractivity contribution is -0.688. The standard InChI is InChI=1S/C20H20N2O5S/c23-10-7-15-17(24)22-16(19(25)26)20(28-18(15)22)27-14-6-4-5-13(11-14)12-21-8-2-1-3-9-21/h1-6,8-9,11,15-16,18,20,23H,7,10,12H2/t15-,16?,18?,20?/m0/s1. The summed E-state index contributed by atoms with van der Waals surface area (Å²) in [6.07, 6.45) is 4.25. The van der Waals surface area contributed by atoms with E-state index >= 15 is 0 Å². The molecule has 7 nitrogen and oxygen atoms in total. The molecule has 0 bridgehead atoms. The third-order valence-electron chi connectivity index (χ3n) is 5.00. The van der Waals surface area contributed by atoms with Gasteiger partial charge in [-0.1, -0.05) is 30.0 Å². The van der Waals surface area contributed by atoms with Crippen LogP contribution in [-0.2, 0) is 16.1 Å². The summed E-state index contributed by atoms with van der Waals surface area (Å²) >= 11 is 1.30. The van der Waals surface area contributed by atoms with Crippen molar-refractivity contribution in [1.29, 1.82) is 0 Å². The molecule has 2 aliphatic rings. The Morgan fingerprint density at radius 1 is 1.25 bits per heavy atom. The lowest BCUT2D eigenvalue weighted by Crippen LogP contribution is -2.64. The predicted octanol–water partition coefficient (Wildman–Crippen LogP) is -0.240. The van der Waals surface area contributed by atoms with Crippen molar-refractivity contribution in [3.63, 3.8) is 0 Å². The largest absolute Gasteiger partial charge is 0.548 e. The molecule has 2 aromatic rings. The fourth-order valence-corrected chi connectivity index (χ4v) is 5.31. The van der Waals surface area contributed by atoms with Gasteiger partial charge in [0.15, 0.2) is 24.4 Å². The topological polar surface area (TPSA) is 93.8 Å². The van der Waals surface area contributed by atoms with Crippen molar-refractivity contribution in [2.24, 2.45) is 5.92 Å². The van der Waals surface area contributed by atoms with Crippen LogP contribution in [-0.4, -0.2) is 45.3 Å². The maximum atomic E-state index is 12.3. The molecule has 4 rings (SSSR count). The Balaban J connectivity index is 1.50. The normalized spacial score (nSPS) is 25.9. The lowest BCUT2D eigenvalue weighted by atomic mass is 9.93. The molecule has 1 aromatic heterocycles. The highest BCUT2D eigenvalue weighted by atomic mass is 32.2. The number of carbonyl (C=O) groups is 2. The molecule has 2 aliphatic heterocycles. The van der Waals surface area contributed by atoms with E-state index in [2.05, 4.69) is 0 Å². The second kappa shape index (κ2) is 7.81. The highest BCUT2D eigenvalue weighted by Crippen LogP contribution is 2.48. The summed E-state index contributed by atoms with van der Waals surface area (Å²) < 4.78 is 7.99. The first-order chi connectivity index (χ1) is 13.6. The van der Waals surface area contributed by atoms with Crippen molar-refractivity contribution < 1.29 is 29.1 Å². The number of benzene rings is 1. The highest BCUT2D eigenvalue weighted by molar-refractivity contribution is 8.00. The summed E-state index contributed by atoms with van der Waals surface area (Å²) in [5, 5.41) is 20.5. The van der Waals surface area contributed by atoms with Crippen LogP contribution in [0.15, 0.2) is 54.9 Å². The molecule has 1 aromatic carbocycles. The van der Waals surface area contributed by atoms with Crippen molar-refractivity contribution in [3.8, 4) is 5.75 Å². The maximum absolute atomic E-state index is 12.3. The van der Waals surface area contributed by atoms with Crippen molar-refractivity contribution in [1.82, 2.24) is 4.90 Å². The first-order valence-corrected chi connectivity index (χ1v) is 10.0. The molecule has 2 fully saturated rings. The van der Waals surface area contributed by atoms with Gasteiger partial charge >= 0.3 is 0 Å². The van der Waals surface area contributed by atoms with Gasteiger partial charge < -0.3 is 24.6 Å². The van der Waals surface area contributed by atoms with Crippen LogP contribution in [0.25, 0.3) is 0 Å². The number of pyridine rings is 1. The minimum Gasteiger partial charge on any atom is -0.548 e. The van der Waals surface area contributed by atoms with Gasteiger partial charge in [0.2, 0.25) is 5.91 Å². The SMILES string of the molecule is O=C([O-])C1C(Oc2cccc(C[n+]3ccccc3)c2)SC2[C@@H](CCO)C(=O)N12. The van der Waals surface area contributed by atoms with Crippen LogP contribution in [0.5, 0.6) is 5.75 Å². The van der Waals surface area contributed by atoms with E-state index in [9.17, 15) is 14.7 Å². The van der Waals surface area contributed by atoms with Crippen LogP contribution >= 0.6 is 11.8 Å². The smallest absolute Gasteiger partial charge is 0.230 e. The Kier molecular flexibility index (Phi) is 5.23. The Morgan fingerprint density at radius 2 is 2.04 bits per heavy atom. The summed E-state index contributed by atoms with van der Waals surface area (Å²) in [6.45, 7) is 0.549. The molecular formula is C20H20N2O5S. The van der Waals surface area contributed by atoms with Crippen LogP contribution in [0.4, 0.5) is 0 Å². The minimum atomic E-state index is -1.33. The fourth-order valence-electron chi connectivity index (χ4n) is 3.67. The molecule has 28 heavy (non-hydrogen) atoms. The lowest BCUT2D eigenvalue weighted by Gasteiger charge is -2.44. The Hall–Kier alpha value is -2.58. The summed E-state index contributed by atoms with van der Waals surface area (Å²) in [4.78, 5) is 25.2. The number of rotatable bonds is 7. The summed E-state index contributed by atoms with van der Waals surface area (Å²) in [5.41, 5.74) is 0.265. The average molecular weight is 400 g/mol. The predicted molar refractivity (Wildman–Crippen MR) is 98.8 cm³/mol. The van der Waals surface area contributed by atoms with Crippen LogP contribution in [0, 0.1) is 5.92 Å². The molecule has 3 unspecified atom stereocenters. The average Bonchev–Trinajstić information content (AvgIpc) is 3.02. The molecule has 146 valence electrons. The number of ether oxygens (including phenoxy) is 1. The van der Waals surface area contributed by atoms with Crippen LogP contribution in [0.1, 0.15) is 12.0 Å². The van der Waals surface area contributed by atoms with Gasteiger partial charge in [-0.15, -0.1) is 0 Å². The summed E-state index contributed by atoms with van der Waals surface area (Å²) in [5.74, 6) is -1.41. The zero-order chi connectivity index (χ0) is 19.7. The van der Waals surface area contributed by atoms with Crippen LogP contribution < -0.4 is 14.4 Å². The van der Waals surface area contributed by atoms with E-state index in [0.717, 1.165) is 5.56 Å². The Labute approximate surface area is 166 Å². The second-order valence-corrected chi connectivity index (χ2v) is 8.06. The quantitative estimate of drug-likeness (QED) is 0.509. The van der Waals surface area contributed by atoms with Crippen LogP contribution in [0.2, 0.25) is 0 Å². The molecule has 1 amide bonds. The number of hydrogen-bond donors (Lipinski definition) is 1. The summed E-state index contributed by atoms with van der Waals surface area (Å²) in [7, 11) is 0. The molecule has 0 radical (unpaired) electrons. The first-order valence-electron chi connectivity index (χ1n) is 9.07. The zero-order valence-corrected chi connectivity index (χ0v) is 15.8. The number of carbonyl (C=O) groups excluding carboxylic acids is 2. The number of fused-ring (bicyclic) bond motifs is 1. The summed E-state index contributed by atoms with van der Waals surface area (Å²) in [6, 6.07) is 12.2. The van der Waals surface area contributed by atoms with Crippen molar-refractivity contribution in [2.75, 3.05) is 6.61 Å². The van der Waals surface area contributed by atoms with Gasteiger partial charge in [0.05, 0.1) is 17.3 Å². The number of aliphatic hydroxyl groups excluding tert-OH is 1. The number of aromatic nitrogens is 1. The van der Waals surface area contributed by atoms with E-state index in [1.54, 1.807) is 6.07 Å². The molecular weight excluding hydrogens is 380 g/mol. The molecule has 1 N–H and O–H groups in total. The molecule has 2 saturated heterocycles. The number of nitrogens with zero attached hydrogens (tertiary/aromatic N) is 2. The van der Waals surface area contributed by atoms with E-state index < -0.39 is 17.4 Å². The van der Waals surface area contributed by atoms with Crippen molar-refractivity contribution in [2.45, 2.75) is 29.8 Å². The van der Waals surface area contributed by atoms with E-state index in [1.165, 1.54) is 16.7 Å². The fraction of sp³-hybridized carbons (Fsp3) is 0.350. The third kappa shape index (κ3) is 3.45. The van der Waals surface area contributed by atoms with Gasteiger partial charge in [0.25, 0.3) is 0 Å². The number of carboxylic acid groups (broad SMARTS) is 1. The van der Waals surface area contributed by atoms with E-state index in [1.807, 2.05) is 53.4 Å². The van der Waals surface area contributed by atoms with Gasteiger partial charge in [-0.05, 0) is 18.6 Å². The van der Waals surface area contributed by atoms with Gasteiger partial charge in [0.1, 0.15) is 11.8 Å².